The number of ether oxygens (including phenoxy) is 1. The molecule has 0 saturated carbocycles. The van der Waals surface area contributed by atoms with Gasteiger partial charge in [0.2, 0.25) is 0 Å². The zero-order chi connectivity index (χ0) is 18.1. The highest BCUT2D eigenvalue weighted by Gasteiger charge is 2.22. The zero-order valence-corrected chi connectivity index (χ0v) is 16.5. The van der Waals surface area contributed by atoms with Crippen molar-refractivity contribution in [1.82, 2.24) is 19.8 Å². The van der Waals surface area contributed by atoms with E-state index in [1.165, 1.54) is 24.1 Å². The van der Waals surface area contributed by atoms with Crippen molar-refractivity contribution in [2.24, 2.45) is 0 Å². The number of thiophene rings is 1. The second-order valence-electron chi connectivity index (χ2n) is 7.54. The molecule has 2 aromatic heterocycles. The Hall–Kier alpha value is -1.28. The molecular formula is C19H28N4O2S. The van der Waals surface area contributed by atoms with Crippen LogP contribution in [0.4, 0.5) is 0 Å². The number of nitrogens with one attached hydrogen (secondary N) is 1. The molecule has 1 N–H and O–H groups in total. The van der Waals surface area contributed by atoms with Gasteiger partial charge >= 0.3 is 0 Å². The fourth-order valence-corrected chi connectivity index (χ4v) is 5.00. The van der Waals surface area contributed by atoms with Gasteiger partial charge < -0.3 is 9.72 Å². The van der Waals surface area contributed by atoms with E-state index in [4.69, 9.17) is 9.72 Å². The standard InChI is InChI=1S/C19H28N4O2S/c1-13-14(2)26-19-17(13)18(24)20-16(21-19)12-23-8-6-22(7-9-23)11-15-5-3-4-10-25-15/h15H,3-12H2,1-2H3,(H,20,21,24)/t15-/m1/s1. The van der Waals surface area contributed by atoms with Crippen LogP contribution in [-0.4, -0.2) is 65.2 Å². The first-order valence-electron chi connectivity index (χ1n) is 9.65. The van der Waals surface area contributed by atoms with Crippen LogP contribution in [0.15, 0.2) is 4.79 Å². The molecule has 4 heterocycles. The van der Waals surface area contributed by atoms with E-state index >= 15 is 0 Å². The van der Waals surface area contributed by atoms with E-state index in [2.05, 4.69) is 21.7 Å². The molecule has 0 amide bonds. The second kappa shape index (κ2) is 7.76. The van der Waals surface area contributed by atoms with Gasteiger partial charge in [-0.15, -0.1) is 11.3 Å². The Labute approximate surface area is 158 Å². The quantitative estimate of drug-likeness (QED) is 0.887. The summed E-state index contributed by atoms with van der Waals surface area (Å²) in [4.78, 5) is 27.1. The predicted octanol–water partition coefficient (Wildman–Crippen LogP) is 2.29. The Morgan fingerprint density at radius 3 is 2.69 bits per heavy atom. The van der Waals surface area contributed by atoms with Crippen LogP contribution < -0.4 is 5.56 Å². The maximum Gasteiger partial charge on any atom is 0.259 e. The summed E-state index contributed by atoms with van der Waals surface area (Å²) >= 11 is 1.62. The van der Waals surface area contributed by atoms with Crippen LogP contribution in [0.2, 0.25) is 0 Å². The third-order valence-electron chi connectivity index (χ3n) is 5.66. The van der Waals surface area contributed by atoms with E-state index in [0.717, 1.165) is 67.5 Å². The topological polar surface area (TPSA) is 61.5 Å². The van der Waals surface area contributed by atoms with Crippen LogP contribution in [-0.2, 0) is 11.3 Å². The Morgan fingerprint density at radius 2 is 1.96 bits per heavy atom. The summed E-state index contributed by atoms with van der Waals surface area (Å²) in [6.07, 6.45) is 4.13. The van der Waals surface area contributed by atoms with Gasteiger partial charge in [-0.3, -0.25) is 14.6 Å². The third kappa shape index (κ3) is 3.86. The molecular weight excluding hydrogens is 348 g/mol. The summed E-state index contributed by atoms with van der Waals surface area (Å²) in [5.41, 5.74) is 1.06. The van der Waals surface area contributed by atoms with E-state index in [1.54, 1.807) is 11.3 Å². The predicted molar refractivity (Wildman–Crippen MR) is 105 cm³/mol. The van der Waals surface area contributed by atoms with E-state index in [9.17, 15) is 4.79 Å². The first-order chi connectivity index (χ1) is 12.6. The highest BCUT2D eigenvalue weighted by molar-refractivity contribution is 7.18. The number of hydrogen-bond acceptors (Lipinski definition) is 6. The summed E-state index contributed by atoms with van der Waals surface area (Å²) in [5, 5.41) is 0.758. The van der Waals surface area contributed by atoms with Gasteiger partial charge in [-0.05, 0) is 38.7 Å². The molecule has 0 unspecified atom stereocenters. The molecule has 0 spiro atoms. The van der Waals surface area contributed by atoms with Gasteiger partial charge in [0.05, 0.1) is 18.0 Å². The molecule has 2 aromatic rings. The van der Waals surface area contributed by atoms with Crippen molar-refractivity contribution in [1.29, 1.82) is 0 Å². The number of rotatable bonds is 4. The van der Waals surface area contributed by atoms with E-state index in [-0.39, 0.29) is 5.56 Å². The highest BCUT2D eigenvalue weighted by Crippen LogP contribution is 2.25. The summed E-state index contributed by atoms with van der Waals surface area (Å²) in [5.74, 6) is 0.785. The minimum Gasteiger partial charge on any atom is -0.377 e. The van der Waals surface area contributed by atoms with Crippen molar-refractivity contribution in [3.8, 4) is 0 Å². The largest absolute Gasteiger partial charge is 0.377 e. The molecule has 142 valence electrons. The lowest BCUT2D eigenvalue weighted by Gasteiger charge is -2.36. The first kappa shape index (κ1) is 18.1. The van der Waals surface area contributed by atoms with Crippen molar-refractivity contribution in [2.75, 3.05) is 39.3 Å². The molecule has 0 aliphatic carbocycles. The Balaban J connectivity index is 1.35. The summed E-state index contributed by atoms with van der Waals surface area (Å²) in [6.45, 7) is 10.9. The number of aryl methyl sites for hydroxylation is 2. The number of aromatic nitrogens is 2. The summed E-state index contributed by atoms with van der Waals surface area (Å²) in [7, 11) is 0. The zero-order valence-electron chi connectivity index (χ0n) is 15.7. The lowest BCUT2D eigenvalue weighted by molar-refractivity contribution is -0.0147. The van der Waals surface area contributed by atoms with Crippen molar-refractivity contribution < 1.29 is 4.74 Å². The van der Waals surface area contributed by atoms with Crippen LogP contribution in [0.3, 0.4) is 0 Å². The maximum atomic E-state index is 12.4. The van der Waals surface area contributed by atoms with E-state index in [1.807, 2.05) is 6.92 Å². The highest BCUT2D eigenvalue weighted by atomic mass is 32.1. The fraction of sp³-hybridized carbons (Fsp3) is 0.684. The van der Waals surface area contributed by atoms with Gasteiger partial charge in [0.25, 0.3) is 5.56 Å². The maximum absolute atomic E-state index is 12.4. The van der Waals surface area contributed by atoms with Gasteiger partial charge in [0.1, 0.15) is 10.7 Å². The van der Waals surface area contributed by atoms with Gasteiger partial charge in [-0.2, -0.15) is 0 Å². The molecule has 0 bridgehead atoms. The summed E-state index contributed by atoms with van der Waals surface area (Å²) in [6, 6.07) is 0. The molecule has 2 fully saturated rings. The third-order valence-corrected chi connectivity index (χ3v) is 6.76. The van der Waals surface area contributed by atoms with Crippen molar-refractivity contribution >= 4 is 21.6 Å². The lowest BCUT2D eigenvalue weighted by Crippen LogP contribution is -2.49. The van der Waals surface area contributed by atoms with Crippen molar-refractivity contribution in [3.63, 3.8) is 0 Å². The minimum absolute atomic E-state index is 0.0000618. The number of hydrogen-bond donors (Lipinski definition) is 1. The average Bonchev–Trinajstić information content (AvgIpc) is 2.92. The molecule has 4 rings (SSSR count). The number of aromatic amines is 1. The smallest absolute Gasteiger partial charge is 0.259 e. The number of fused-ring (bicyclic) bond motifs is 1. The summed E-state index contributed by atoms with van der Waals surface area (Å²) < 4.78 is 5.86. The SMILES string of the molecule is Cc1sc2nc(CN3CCN(C[C@H]4CCCCO4)CC3)[nH]c(=O)c2c1C. The molecule has 0 radical (unpaired) electrons. The Morgan fingerprint density at radius 1 is 1.19 bits per heavy atom. The molecule has 2 aliphatic rings. The normalized spacial score (nSPS) is 22.9. The van der Waals surface area contributed by atoms with Crippen LogP contribution in [0.5, 0.6) is 0 Å². The second-order valence-corrected chi connectivity index (χ2v) is 8.74. The van der Waals surface area contributed by atoms with Crippen molar-refractivity contribution in [3.05, 3.63) is 26.6 Å². The molecule has 26 heavy (non-hydrogen) atoms. The number of nitrogens with zero attached hydrogens (tertiary/aromatic N) is 3. The fourth-order valence-electron chi connectivity index (χ4n) is 3.96. The van der Waals surface area contributed by atoms with Gasteiger partial charge in [-0.25, -0.2) is 4.98 Å². The Bertz CT molecular complexity index is 817. The van der Waals surface area contributed by atoms with Gasteiger partial charge in [0, 0.05) is 44.2 Å². The molecule has 7 heteroatoms. The van der Waals surface area contributed by atoms with Gasteiger partial charge in [-0.1, -0.05) is 0 Å². The van der Waals surface area contributed by atoms with Crippen LogP contribution in [0.25, 0.3) is 10.2 Å². The molecule has 2 saturated heterocycles. The molecule has 2 aliphatic heterocycles. The molecule has 6 nitrogen and oxygen atoms in total. The monoisotopic (exact) mass is 376 g/mol. The average molecular weight is 377 g/mol. The first-order valence-corrected chi connectivity index (χ1v) is 10.5. The molecule has 1 atom stereocenters. The number of piperazine rings is 1. The minimum atomic E-state index is -0.0000618. The van der Waals surface area contributed by atoms with E-state index in [0.29, 0.717) is 6.10 Å². The Kier molecular flexibility index (Phi) is 5.40. The van der Waals surface area contributed by atoms with E-state index < -0.39 is 0 Å². The van der Waals surface area contributed by atoms with Crippen LogP contribution >= 0.6 is 11.3 Å². The molecule has 0 aromatic carbocycles. The van der Waals surface area contributed by atoms with Crippen molar-refractivity contribution in [2.45, 2.75) is 45.8 Å². The number of H-pyrrole nitrogens is 1. The van der Waals surface area contributed by atoms with Crippen LogP contribution in [0.1, 0.15) is 35.5 Å². The lowest BCUT2D eigenvalue weighted by atomic mass is 10.1. The van der Waals surface area contributed by atoms with Crippen LogP contribution in [0, 0.1) is 13.8 Å². The van der Waals surface area contributed by atoms with Gasteiger partial charge in [0.15, 0.2) is 0 Å².